The van der Waals surface area contributed by atoms with E-state index in [1.807, 2.05) is 42.5 Å². The Morgan fingerprint density at radius 1 is 0.556 bits per heavy atom. The first-order valence-electron chi connectivity index (χ1n) is 34.1. The van der Waals surface area contributed by atoms with Crippen LogP contribution in [-0.4, -0.2) is 127 Å². The minimum Gasteiger partial charge on any atom is -0.383 e. The number of piperazine rings is 1. The number of aryl methyl sites for hydroxylation is 1. The van der Waals surface area contributed by atoms with Crippen LogP contribution in [0.2, 0.25) is 0 Å². The number of nitrogen functional groups attached to an aromatic ring is 4. The Morgan fingerprint density at radius 2 is 1.00 bits per heavy atom. The number of carbonyl (C=O) groups excluding carboxylic acids is 5. The number of hydrogen-bond acceptors (Lipinski definition) is 24. The average Bonchev–Trinajstić information content (AvgIpc) is 0.805. The number of ketones is 4. The second-order valence-corrected chi connectivity index (χ2v) is 25.3. The maximum Gasteiger partial charge on any atom is 0.418 e. The van der Waals surface area contributed by atoms with Gasteiger partial charge in [0.2, 0.25) is 29.0 Å². The number of nitrogens with zero attached hydrogens (tertiary/aromatic N) is 9. The van der Waals surface area contributed by atoms with E-state index in [9.17, 15) is 63.5 Å². The normalized spacial score (nSPS) is 14.6. The molecular weight excluding hydrogens is 1420 g/mol. The summed E-state index contributed by atoms with van der Waals surface area (Å²) in [4.78, 5) is 95.6. The van der Waals surface area contributed by atoms with E-state index < -0.39 is 81.6 Å². The van der Waals surface area contributed by atoms with Crippen molar-refractivity contribution in [2.24, 2.45) is 23.3 Å². The third-order valence-corrected chi connectivity index (χ3v) is 16.8. The highest BCUT2D eigenvalue weighted by Crippen LogP contribution is 2.37. The van der Waals surface area contributed by atoms with E-state index >= 15 is 0 Å². The van der Waals surface area contributed by atoms with Gasteiger partial charge >= 0.3 is 18.5 Å². The monoisotopic (exact) mass is 1520 g/mol. The number of nitrogens with one attached hydrogen (secondary N) is 5. The van der Waals surface area contributed by atoms with Crippen molar-refractivity contribution in [3.8, 4) is 0 Å². The summed E-state index contributed by atoms with van der Waals surface area (Å²) in [5.74, 6) is -1.98. The van der Waals surface area contributed by atoms with Crippen molar-refractivity contribution in [3.05, 3.63) is 225 Å². The van der Waals surface area contributed by atoms with Crippen molar-refractivity contribution in [1.82, 2.24) is 50.5 Å². The van der Waals surface area contributed by atoms with Gasteiger partial charge in [-0.25, -0.2) is 39.9 Å². The number of nitrogens with two attached hydrogens (primary N) is 6. The number of hydrogen-bond donors (Lipinski definition) is 11. The molecule has 2 fully saturated rings. The van der Waals surface area contributed by atoms with Gasteiger partial charge in [-0.1, -0.05) is 63.6 Å². The quantitative estimate of drug-likeness (QED) is 0.0209. The third kappa shape index (κ3) is 22.6. The van der Waals surface area contributed by atoms with Crippen LogP contribution in [0.3, 0.4) is 0 Å². The molecule has 0 spiro atoms. The summed E-state index contributed by atoms with van der Waals surface area (Å²) >= 11 is 0. The second kappa shape index (κ2) is 37.5. The maximum atomic E-state index is 13.4. The maximum absolute atomic E-state index is 13.4. The molecule has 34 heteroatoms. The second-order valence-electron chi connectivity index (χ2n) is 25.3. The zero-order valence-electron chi connectivity index (χ0n) is 58.9. The molecule has 25 nitrogen and oxygen atoms in total. The lowest BCUT2D eigenvalue weighted by molar-refractivity contribution is -0.138. The molecule has 2 aliphatic heterocycles. The molecule has 2 saturated heterocycles. The molecule has 0 bridgehead atoms. The van der Waals surface area contributed by atoms with Crippen LogP contribution in [0, 0.1) is 11.8 Å². The molecule has 1 amide bonds. The molecule has 10 heterocycles. The zero-order chi connectivity index (χ0) is 78.5. The minimum atomic E-state index is -4.79. The van der Waals surface area contributed by atoms with Gasteiger partial charge in [-0.2, -0.15) is 39.5 Å². The van der Waals surface area contributed by atoms with Crippen molar-refractivity contribution in [2.75, 3.05) is 96.1 Å². The number of benzene rings is 1. The fourth-order valence-corrected chi connectivity index (χ4v) is 11.5. The van der Waals surface area contributed by atoms with Crippen LogP contribution in [0.25, 0.3) is 0 Å². The Balaban J connectivity index is -0.000000720. The molecule has 2 aliphatic rings. The predicted molar refractivity (Wildman–Crippen MR) is 415 cm³/mol. The first-order chi connectivity index (χ1) is 51.3. The lowest BCUT2D eigenvalue weighted by Crippen LogP contribution is -2.51. The van der Waals surface area contributed by atoms with E-state index in [-0.39, 0.29) is 92.0 Å². The molecule has 8 aromatic heterocycles. The van der Waals surface area contributed by atoms with Crippen molar-refractivity contribution < 1.29 is 79.2 Å². The Morgan fingerprint density at radius 3 is 1.41 bits per heavy atom. The summed E-state index contributed by atoms with van der Waals surface area (Å²) < 4.78 is 120. The van der Waals surface area contributed by atoms with Gasteiger partial charge in [0.1, 0.15) is 69.3 Å². The number of primary amides is 1. The molecule has 1 aromatic carbocycles. The number of halogens is 9. The number of rotatable bonds is 23. The van der Waals surface area contributed by atoms with Gasteiger partial charge in [0, 0.05) is 85.3 Å². The van der Waals surface area contributed by atoms with Gasteiger partial charge in [0.05, 0.1) is 45.5 Å². The van der Waals surface area contributed by atoms with Crippen molar-refractivity contribution in [2.45, 2.75) is 83.5 Å². The van der Waals surface area contributed by atoms with Crippen molar-refractivity contribution >= 4 is 75.6 Å². The van der Waals surface area contributed by atoms with Crippen LogP contribution in [0.4, 0.5) is 86.1 Å². The molecule has 11 rings (SSSR count). The summed E-state index contributed by atoms with van der Waals surface area (Å²) in [5, 5.41) is 15.2. The van der Waals surface area contributed by atoms with Crippen LogP contribution >= 0.6 is 0 Å². The number of aromatic nitrogens is 8. The first-order valence-corrected chi connectivity index (χ1v) is 34.1. The number of piperidine rings is 1. The Labute approximate surface area is 631 Å². The Hall–Kier alpha value is -11.8. The highest BCUT2D eigenvalue weighted by atomic mass is 19.4. The van der Waals surface area contributed by atoms with Gasteiger partial charge in [0.15, 0.2) is 0 Å². The molecule has 9 aromatic rings. The average molecular weight is 1520 g/mol. The SMILES string of the molecule is CCCc1ccc(N2CCN[C@@H](CC(C)C)C2)nc1C(=O)c1cccnc1N.NC(=O)CNc1ccc(C(F)(F)F)c(C(=O)c2cccnc2N)n1.Nc1ncccc1C(=O)c1nc(NCC2CCCNC2)ccc1C(F)(F)F.Nc1ncccc1C(=O)c1nc(NC[C@@H](N)c2ccccc2)ccc1C(F)(F)F.[HH].[HH].[HH].[HH].[HH].[HH].[HH].[HH].[HH].[HH].[HH]. The van der Waals surface area contributed by atoms with Crippen LogP contribution < -0.4 is 65.9 Å². The smallest absolute Gasteiger partial charge is 0.383 e. The predicted octanol–water partition coefficient (Wildman–Crippen LogP) is 13.1. The number of anilines is 8. The molecule has 1 unspecified atom stereocenters. The third-order valence-electron chi connectivity index (χ3n) is 16.8. The Bertz CT molecular complexity index is 4640. The van der Waals surface area contributed by atoms with Gasteiger partial charge in [0.25, 0.3) is 0 Å². The molecule has 0 aliphatic carbocycles. The van der Waals surface area contributed by atoms with Gasteiger partial charge < -0.3 is 65.9 Å². The summed E-state index contributed by atoms with van der Waals surface area (Å²) in [5.41, 5.74) is 30.3. The number of pyridine rings is 8. The lowest BCUT2D eigenvalue weighted by Gasteiger charge is -2.35. The number of carbonyl (C=O) groups is 5. The summed E-state index contributed by atoms with van der Waals surface area (Å²) in [6, 6.07) is 30.6. The van der Waals surface area contributed by atoms with E-state index in [4.69, 9.17) is 39.4 Å². The van der Waals surface area contributed by atoms with Crippen LogP contribution in [0.5, 0.6) is 0 Å². The highest BCUT2D eigenvalue weighted by molar-refractivity contribution is 6.13. The Kier molecular flexibility index (Phi) is 28.4. The molecule has 108 heavy (non-hydrogen) atoms. The minimum absolute atomic E-state index is 0. The molecular formula is C74H103F9N20O5. The van der Waals surface area contributed by atoms with Crippen LogP contribution in [0.15, 0.2) is 152 Å². The molecule has 592 valence electrons. The molecule has 3 atom stereocenters. The zero-order valence-corrected chi connectivity index (χ0v) is 58.9. The molecule has 0 saturated carbocycles. The van der Waals surface area contributed by atoms with Crippen molar-refractivity contribution in [3.63, 3.8) is 0 Å². The van der Waals surface area contributed by atoms with Crippen molar-refractivity contribution in [1.29, 1.82) is 0 Å². The van der Waals surface area contributed by atoms with E-state index in [1.54, 1.807) is 18.3 Å². The van der Waals surface area contributed by atoms with Crippen LogP contribution in [0.1, 0.15) is 160 Å². The fourth-order valence-electron chi connectivity index (χ4n) is 11.5. The standard InChI is InChI=1S/C22H31N5O.C20H18F3N5O.C18H20F3N5O.C14H12F3N5O2.11H2/c1-4-6-16-8-9-19(27-12-11-24-17(14-27)13-15(2)3)26-20(16)21(28)18-7-5-10-25-22(18)23;21-20(22,23)14-8-9-16(27-11-15(24)12-5-2-1-3-6-12)28-17(14)18(29)13-7-4-10-26-19(13)25;19-18(20,21)13-5-6-14(25-10-11-3-1-7-23-9-11)26-15(13)16(27)12-4-2-8-24-17(12)22;15-14(16,17)8-3-4-10(21-6-9(18)23)22-11(8)12(24)7-2-1-5-20-13(7)19;;;;;;;;;;;/h5,7-10,15,17,24H,4,6,11-14H2,1-3H3,(H2,23,25);1-10,15H,11,24H2,(H2,25,26)(H,27,28);2,4-6,8,11,23H,1,3,7,9-10H2,(H2,22,24)(H,25,26);1-5H,6H2,(H2,18,23)(H2,19,20)(H,21,22);11*1H/t17-;15-;;;;;;;;;;;;;/m01............./s1. The first kappa shape index (κ1) is 81.9. The van der Waals surface area contributed by atoms with Gasteiger partial charge in [-0.3, -0.25) is 24.0 Å². The van der Waals surface area contributed by atoms with Gasteiger partial charge in [-0.05, 0) is 153 Å². The van der Waals surface area contributed by atoms with E-state index in [0.29, 0.717) is 41.7 Å². The number of alkyl halides is 9. The van der Waals surface area contributed by atoms with E-state index in [0.717, 1.165) is 106 Å². The summed E-state index contributed by atoms with van der Waals surface area (Å²) in [6.07, 6.45) is -3.69. The number of amides is 1. The highest BCUT2D eigenvalue weighted by Gasteiger charge is 2.40. The van der Waals surface area contributed by atoms with Gasteiger partial charge in [-0.15, -0.1) is 0 Å². The molecule has 17 N–H and O–H groups in total. The van der Waals surface area contributed by atoms with E-state index in [1.165, 1.54) is 61.1 Å². The largest absolute Gasteiger partial charge is 0.418 e. The molecule has 0 radical (unpaired) electrons. The summed E-state index contributed by atoms with van der Waals surface area (Å²) in [7, 11) is 0. The van der Waals surface area contributed by atoms with Crippen LogP contribution in [-0.2, 0) is 29.7 Å². The lowest BCUT2D eigenvalue weighted by atomic mass is 10.00. The van der Waals surface area contributed by atoms with E-state index in [2.05, 4.69) is 87.1 Å². The topological polar surface area (TPSA) is 408 Å². The fraction of sp³-hybridized carbons (Fsp3) is 0.311. The summed E-state index contributed by atoms with van der Waals surface area (Å²) in [6.45, 7) is 11.5.